The van der Waals surface area contributed by atoms with Gasteiger partial charge in [0.1, 0.15) is 0 Å². The molecule has 0 aliphatic heterocycles. The standard InChI is InChI=1S/C28H47NO7S/c1-16(4-7-24(33)29-28(10-11-28)15-37(34,35)36)19-5-6-20-25-21(14-23(32)27(19,20)3)26(2)9-8-18(30)12-17(26)13-22(25)31/h16-23,25,30-32H,4-15H2,1-3H3,(H,29,33)(H,34,35,36)/p-1/t16-,17+,18-,19-,20+,21+,22-,23+,25+,26+,27-/m1/s1. The van der Waals surface area contributed by atoms with Gasteiger partial charge in [0, 0.05) is 6.42 Å². The minimum atomic E-state index is -4.39. The van der Waals surface area contributed by atoms with Crippen molar-refractivity contribution in [3.63, 3.8) is 0 Å². The van der Waals surface area contributed by atoms with Crippen LogP contribution >= 0.6 is 0 Å². The first-order valence-corrected chi connectivity index (χ1v) is 16.0. The molecule has 5 rings (SSSR count). The predicted molar refractivity (Wildman–Crippen MR) is 137 cm³/mol. The van der Waals surface area contributed by atoms with Crippen LogP contribution in [-0.2, 0) is 14.9 Å². The molecule has 0 spiro atoms. The van der Waals surface area contributed by atoms with Gasteiger partial charge in [-0.05, 0) is 111 Å². The lowest BCUT2D eigenvalue weighted by atomic mass is 9.43. The van der Waals surface area contributed by atoms with Crippen LogP contribution in [0.5, 0.6) is 0 Å². The summed E-state index contributed by atoms with van der Waals surface area (Å²) in [6.45, 7) is 6.69. The summed E-state index contributed by atoms with van der Waals surface area (Å²) >= 11 is 0. The first-order valence-electron chi connectivity index (χ1n) is 14.5. The van der Waals surface area contributed by atoms with Gasteiger partial charge in [-0.25, -0.2) is 8.42 Å². The molecular weight excluding hydrogens is 494 g/mol. The largest absolute Gasteiger partial charge is 0.748 e. The van der Waals surface area contributed by atoms with Gasteiger partial charge < -0.3 is 25.2 Å². The molecule has 11 atom stereocenters. The van der Waals surface area contributed by atoms with Crippen LogP contribution in [-0.4, -0.2) is 63.8 Å². The van der Waals surface area contributed by atoms with Crippen molar-refractivity contribution in [3.8, 4) is 0 Å². The van der Waals surface area contributed by atoms with Gasteiger partial charge >= 0.3 is 0 Å². The van der Waals surface area contributed by atoms with Gasteiger partial charge in [-0.3, -0.25) is 4.79 Å². The van der Waals surface area contributed by atoms with E-state index in [9.17, 15) is 33.1 Å². The molecule has 37 heavy (non-hydrogen) atoms. The SMILES string of the molecule is C[C@H](CCC(=O)NC1(CS(=O)(=O)[O-])CC1)[C@H]1CC[C@H]2[C@@H]3[C@H](O)C[C@@H]4C[C@H](O)CC[C@]4(C)[C@H]3C[C@H](O)[C@]12C. The van der Waals surface area contributed by atoms with Crippen molar-refractivity contribution < 1.29 is 33.1 Å². The number of carbonyl (C=O) groups is 1. The molecule has 212 valence electrons. The second-order valence-corrected chi connectivity index (χ2v) is 15.5. The van der Waals surface area contributed by atoms with Crippen molar-refractivity contribution in [1.82, 2.24) is 5.32 Å². The molecule has 0 unspecified atom stereocenters. The Balaban J connectivity index is 1.26. The molecule has 5 aliphatic rings. The average Bonchev–Trinajstić information content (AvgIpc) is 3.42. The van der Waals surface area contributed by atoms with E-state index in [4.69, 9.17) is 0 Å². The van der Waals surface area contributed by atoms with Crippen molar-refractivity contribution in [3.05, 3.63) is 0 Å². The van der Waals surface area contributed by atoms with Crippen LogP contribution in [0, 0.1) is 46.3 Å². The molecule has 0 bridgehead atoms. The lowest BCUT2D eigenvalue weighted by molar-refractivity contribution is -0.207. The molecule has 5 fully saturated rings. The van der Waals surface area contributed by atoms with Gasteiger partial charge in [-0.1, -0.05) is 20.8 Å². The van der Waals surface area contributed by atoms with Crippen molar-refractivity contribution >= 4 is 16.0 Å². The summed E-state index contributed by atoms with van der Waals surface area (Å²) in [5.74, 6) is 0.632. The Morgan fingerprint density at radius 3 is 2.38 bits per heavy atom. The highest BCUT2D eigenvalue weighted by Gasteiger charge is 2.65. The van der Waals surface area contributed by atoms with E-state index in [1.807, 2.05) is 0 Å². The van der Waals surface area contributed by atoms with Gasteiger partial charge in [0.25, 0.3) is 0 Å². The smallest absolute Gasteiger partial charge is 0.220 e. The number of aliphatic hydroxyl groups excluding tert-OH is 3. The lowest BCUT2D eigenvalue weighted by Crippen LogP contribution is -2.62. The Bertz CT molecular complexity index is 998. The normalized spacial score (nSPS) is 47.3. The van der Waals surface area contributed by atoms with Crippen molar-refractivity contribution in [1.29, 1.82) is 0 Å². The van der Waals surface area contributed by atoms with Crippen LogP contribution in [0.15, 0.2) is 0 Å². The number of hydrogen-bond donors (Lipinski definition) is 4. The summed E-state index contributed by atoms with van der Waals surface area (Å²) in [7, 11) is -4.39. The molecule has 0 aromatic carbocycles. The number of carbonyl (C=O) groups excluding carboxylic acids is 1. The molecule has 4 N–H and O–H groups in total. The first kappa shape index (κ1) is 27.8. The van der Waals surface area contributed by atoms with Crippen LogP contribution in [0.1, 0.15) is 91.4 Å². The van der Waals surface area contributed by atoms with E-state index in [2.05, 4.69) is 26.1 Å². The molecule has 9 heteroatoms. The molecular formula is C28H46NO7S-. The van der Waals surface area contributed by atoms with Crippen LogP contribution in [0.25, 0.3) is 0 Å². The zero-order chi connectivity index (χ0) is 27.0. The predicted octanol–water partition coefficient (Wildman–Crippen LogP) is 2.56. The topological polar surface area (TPSA) is 147 Å². The van der Waals surface area contributed by atoms with Gasteiger partial charge in [-0.15, -0.1) is 0 Å². The molecule has 0 saturated heterocycles. The van der Waals surface area contributed by atoms with Crippen LogP contribution < -0.4 is 5.32 Å². The summed E-state index contributed by atoms with van der Waals surface area (Å²) in [5.41, 5.74) is -1.15. The second kappa shape index (κ2) is 9.43. The Morgan fingerprint density at radius 2 is 1.73 bits per heavy atom. The molecule has 0 heterocycles. The molecule has 0 aromatic rings. The Labute approximate surface area is 221 Å². The maximum atomic E-state index is 12.6. The van der Waals surface area contributed by atoms with E-state index in [1.165, 1.54) is 0 Å². The molecule has 5 aliphatic carbocycles. The maximum absolute atomic E-state index is 12.6. The highest BCUT2D eigenvalue weighted by atomic mass is 32.2. The Hall–Kier alpha value is -0.740. The van der Waals surface area contributed by atoms with E-state index in [-0.39, 0.29) is 58.9 Å². The molecule has 0 aromatic heterocycles. The van der Waals surface area contributed by atoms with Gasteiger partial charge in [0.05, 0.1) is 39.7 Å². The number of nitrogens with one attached hydrogen (secondary N) is 1. The van der Waals surface area contributed by atoms with E-state index in [0.29, 0.717) is 31.6 Å². The average molecular weight is 541 g/mol. The number of amides is 1. The van der Waals surface area contributed by atoms with Crippen LogP contribution in [0.2, 0.25) is 0 Å². The monoisotopic (exact) mass is 540 g/mol. The highest BCUT2D eigenvalue weighted by molar-refractivity contribution is 7.85. The number of rotatable bonds is 7. The zero-order valence-electron chi connectivity index (χ0n) is 22.6. The maximum Gasteiger partial charge on any atom is 0.220 e. The molecule has 1 amide bonds. The number of hydrogen-bond acceptors (Lipinski definition) is 7. The third-order valence-corrected chi connectivity index (χ3v) is 13.0. The Morgan fingerprint density at radius 1 is 1.03 bits per heavy atom. The summed E-state index contributed by atoms with van der Waals surface area (Å²) in [4.78, 5) is 12.6. The third kappa shape index (κ3) is 4.90. The summed E-state index contributed by atoms with van der Waals surface area (Å²) < 4.78 is 33.6. The molecule has 0 radical (unpaired) electrons. The molecule has 5 saturated carbocycles. The van der Waals surface area contributed by atoms with Gasteiger partial charge in [0.15, 0.2) is 0 Å². The quantitative estimate of drug-likeness (QED) is 0.363. The Kier molecular flexibility index (Phi) is 7.09. The summed E-state index contributed by atoms with van der Waals surface area (Å²) in [5, 5.41) is 36.2. The lowest BCUT2D eigenvalue weighted by Gasteiger charge is -2.63. The fraction of sp³-hybridized carbons (Fsp3) is 0.964. The van der Waals surface area contributed by atoms with Gasteiger partial charge in [0.2, 0.25) is 5.91 Å². The van der Waals surface area contributed by atoms with Crippen LogP contribution in [0.3, 0.4) is 0 Å². The zero-order valence-corrected chi connectivity index (χ0v) is 23.4. The summed E-state index contributed by atoms with van der Waals surface area (Å²) in [6.07, 6.45) is 6.66. The van der Waals surface area contributed by atoms with E-state index in [0.717, 1.165) is 38.5 Å². The third-order valence-electron chi connectivity index (χ3n) is 12.1. The van der Waals surface area contributed by atoms with Crippen molar-refractivity contribution in [2.75, 3.05) is 5.75 Å². The van der Waals surface area contributed by atoms with Crippen molar-refractivity contribution in [2.24, 2.45) is 46.3 Å². The highest BCUT2D eigenvalue weighted by Crippen LogP contribution is 2.68. The fourth-order valence-electron chi connectivity index (χ4n) is 9.84. The van der Waals surface area contributed by atoms with Crippen molar-refractivity contribution in [2.45, 2.75) is 115 Å². The van der Waals surface area contributed by atoms with E-state index >= 15 is 0 Å². The summed E-state index contributed by atoms with van der Waals surface area (Å²) in [6, 6.07) is 0. The molecule has 8 nitrogen and oxygen atoms in total. The minimum Gasteiger partial charge on any atom is -0.748 e. The van der Waals surface area contributed by atoms with Crippen LogP contribution in [0.4, 0.5) is 0 Å². The van der Waals surface area contributed by atoms with Gasteiger partial charge in [-0.2, -0.15) is 0 Å². The number of fused-ring (bicyclic) bond motifs is 5. The minimum absolute atomic E-state index is 0.0452. The first-order chi connectivity index (χ1) is 17.2. The fourth-order valence-corrected chi connectivity index (χ4v) is 10.9. The second-order valence-electron chi connectivity index (χ2n) is 14.1. The van der Waals surface area contributed by atoms with E-state index < -0.39 is 33.6 Å². The number of aliphatic hydroxyl groups is 3. The van der Waals surface area contributed by atoms with E-state index in [1.54, 1.807) is 0 Å².